The monoisotopic (exact) mass is 366 g/mol. The largest absolute Gasteiger partial charge is 0.475 e. The number of carbonyl (C=O) groups is 1. The Bertz CT molecular complexity index is 519. The minimum Gasteiger partial charge on any atom is -0.475 e. The van der Waals surface area contributed by atoms with Crippen molar-refractivity contribution in [3.8, 4) is 5.88 Å². The van der Waals surface area contributed by atoms with Gasteiger partial charge in [-0.25, -0.2) is 4.98 Å². The first-order valence-corrected chi connectivity index (χ1v) is 9.36. The highest BCUT2D eigenvalue weighted by molar-refractivity contribution is 5.97. The molecule has 0 aliphatic carbocycles. The van der Waals surface area contributed by atoms with Crippen molar-refractivity contribution in [2.75, 3.05) is 32.2 Å². The lowest BCUT2D eigenvalue weighted by molar-refractivity contribution is -0.142. The van der Waals surface area contributed by atoms with Crippen LogP contribution in [-0.4, -0.2) is 43.4 Å². The van der Waals surface area contributed by atoms with Gasteiger partial charge in [-0.2, -0.15) is 0 Å². The molecule has 0 atom stereocenters. The van der Waals surface area contributed by atoms with E-state index in [1.807, 2.05) is 6.92 Å². The normalized spacial score (nSPS) is 11.8. The maximum absolute atomic E-state index is 13.0. The Morgan fingerprint density at radius 2 is 1.81 bits per heavy atom. The first-order chi connectivity index (χ1) is 12.3. The highest BCUT2D eigenvalue weighted by Gasteiger charge is 2.39. The predicted octanol–water partition coefficient (Wildman–Crippen LogP) is 3.91. The van der Waals surface area contributed by atoms with Gasteiger partial charge in [0.05, 0.1) is 18.5 Å². The first kappa shape index (κ1) is 22.4. The van der Waals surface area contributed by atoms with E-state index in [-0.39, 0.29) is 5.91 Å². The molecule has 148 valence electrons. The summed E-state index contributed by atoms with van der Waals surface area (Å²) in [4.78, 5) is 17.2. The van der Waals surface area contributed by atoms with E-state index >= 15 is 0 Å². The number of hydrogen-bond acceptors (Lipinski definition) is 5. The molecule has 0 aromatic carbocycles. The third kappa shape index (κ3) is 7.30. The highest BCUT2D eigenvalue weighted by Crippen LogP contribution is 2.30. The summed E-state index contributed by atoms with van der Waals surface area (Å²) >= 11 is 0. The number of pyridine rings is 1. The third-order valence-electron chi connectivity index (χ3n) is 3.96. The van der Waals surface area contributed by atoms with Crippen LogP contribution in [0.4, 0.5) is 5.69 Å². The zero-order chi connectivity index (χ0) is 19.6. The zero-order valence-electron chi connectivity index (χ0n) is 17.0. The summed E-state index contributed by atoms with van der Waals surface area (Å²) in [6.07, 6.45) is 2.93. The predicted molar refractivity (Wildman–Crippen MR) is 104 cm³/mol. The second kappa shape index (κ2) is 11.1. The van der Waals surface area contributed by atoms with Crippen molar-refractivity contribution in [3.05, 3.63) is 18.3 Å². The number of methoxy groups -OCH3 is 1. The average Bonchev–Trinajstić information content (AvgIpc) is 2.58. The molecule has 0 spiro atoms. The van der Waals surface area contributed by atoms with Crippen molar-refractivity contribution in [3.63, 3.8) is 0 Å². The Hall–Kier alpha value is -1.66. The van der Waals surface area contributed by atoms with Gasteiger partial charge in [-0.05, 0) is 37.7 Å². The van der Waals surface area contributed by atoms with Crippen LogP contribution in [-0.2, 0) is 14.3 Å². The van der Waals surface area contributed by atoms with E-state index in [1.54, 1.807) is 25.4 Å². The van der Waals surface area contributed by atoms with Gasteiger partial charge < -0.3 is 19.5 Å². The Kier molecular flexibility index (Phi) is 9.59. The maximum Gasteiger partial charge on any atom is 0.256 e. The lowest BCUT2D eigenvalue weighted by Gasteiger charge is -2.34. The molecule has 0 saturated heterocycles. The third-order valence-corrected chi connectivity index (χ3v) is 3.96. The van der Waals surface area contributed by atoms with Gasteiger partial charge in [-0.3, -0.25) is 4.79 Å². The summed E-state index contributed by atoms with van der Waals surface area (Å²) in [5.41, 5.74) is -0.212. The minimum atomic E-state index is -0.838. The van der Waals surface area contributed by atoms with Gasteiger partial charge in [-0.15, -0.1) is 0 Å². The molecule has 1 rings (SSSR count). The Balaban J connectivity index is 2.75. The van der Waals surface area contributed by atoms with E-state index in [0.717, 1.165) is 0 Å². The van der Waals surface area contributed by atoms with Crippen molar-refractivity contribution in [1.82, 2.24) is 4.98 Å². The number of nitrogens with zero attached hydrogens (tertiary/aromatic N) is 1. The molecule has 1 aromatic rings. The van der Waals surface area contributed by atoms with E-state index in [1.165, 1.54) is 0 Å². The molecule has 6 nitrogen and oxygen atoms in total. The summed E-state index contributed by atoms with van der Waals surface area (Å²) in [5, 5.41) is 2.94. The summed E-state index contributed by atoms with van der Waals surface area (Å²) in [7, 11) is 1.61. The summed E-state index contributed by atoms with van der Waals surface area (Å²) < 4.78 is 16.4. The number of anilines is 1. The fraction of sp³-hybridized carbons (Fsp3) is 0.700. The molecule has 0 saturated carbocycles. The molecule has 1 amide bonds. The second-order valence-electron chi connectivity index (χ2n) is 7.28. The van der Waals surface area contributed by atoms with Gasteiger partial charge in [0.2, 0.25) is 5.88 Å². The molecule has 0 radical (unpaired) electrons. The first-order valence-electron chi connectivity index (χ1n) is 9.36. The van der Waals surface area contributed by atoms with Crippen LogP contribution < -0.4 is 10.1 Å². The summed E-state index contributed by atoms with van der Waals surface area (Å²) in [6.45, 7) is 12.0. The number of aromatic nitrogens is 1. The highest BCUT2D eigenvalue weighted by atomic mass is 16.5. The molecule has 0 fully saturated rings. The standard InChI is InChI=1S/C20H34N2O4/c1-7-25-10-11-26-18-9-8-17(14-21-18)22-19(23)20(24-6,12-15(2)3)13-16(4)5/h8-9,14-16H,7,10-13H2,1-6H3,(H,22,23). The van der Waals surface area contributed by atoms with Crippen LogP contribution >= 0.6 is 0 Å². The summed E-state index contributed by atoms with van der Waals surface area (Å²) in [6, 6.07) is 3.52. The molecule has 0 aliphatic rings. The van der Waals surface area contributed by atoms with Crippen molar-refractivity contribution in [1.29, 1.82) is 0 Å². The minimum absolute atomic E-state index is 0.130. The molecule has 0 bridgehead atoms. The number of nitrogens with one attached hydrogen (secondary N) is 1. The molecule has 1 N–H and O–H groups in total. The van der Waals surface area contributed by atoms with E-state index in [9.17, 15) is 4.79 Å². The molecular formula is C20H34N2O4. The zero-order valence-corrected chi connectivity index (χ0v) is 17.0. The van der Waals surface area contributed by atoms with Gasteiger partial charge in [0.25, 0.3) is 5.91 Å². The van der Waals surface area contributed by atoms with Crippen molar-refractivity contribution in [2.24, 2.45) is 11.8 Å². The topological polar surface area (TPSA) is 69.7 Å². The van der Waals surface area contributed by atoms with Gasteiger partial charge in [0, 0.05) is 19.8 Å². The van der Waals surface area contributed by atoms with Gasteiger partial charge in [0.15, 0.2) is 0 Å². The average molecular weight is 367 g/mol. The Morgan fingerprint density at radius 1 is 1.15 bits per heavy atom. The lowest BCUT2D eigenvalue weighted by atomic mass is 9.84. The maximum atomic E-state index is 13.0. The SMILES string of the molecule is CCOCCOc1ccc(NC(=O)C(CC(C)C)(CC(C)C)OC)cn1. The van der Waals surface area contributed by atoms with Crippen molar-refractivity contribution < 1.29 is 19.0 Å². The smallest absolute Gasteiger partial charge is 0.256 e. The molecular weight excluding hydrogens is 332 g/mol. The van der Waals surface area contributed by atoms with Crippen molar-refractivity contribution >= 4 is 11.6 Å². The van der Waals surface area contributed by atoms with E-state index < -0.39 is 5.60 Å². The van der Waals surface area contributed by atoms with Gasteiger partial charge >= 0.3 is 0 Å². The molecule has 1 heterocycles. The van der Waals surface area contributed by atoms with E-state index in [0.29, 0.717) is 56.1 Å². The van der Waals surface area contributed by atoms with E-state index in [4.69, 9.17) is 14.2 Å². The number of amides is 1. The fourth-order valence-electron chi connectivity index (χ4n) is 2.98. The molecule has 26 heavy (non-hydrogen) atoms. The summed E-state index contributed by atoms with van der Waals surface area (Å²) in [5.74, 6) is 1.07. The Morgan fingerprint density at radius 3 is 2.27 bits per heavy atom. The lowest BCUT2D eigenvalue weighted by Crippen LogP contribution is -2.47. The van der Waals surface area contributed by atoms with Crippen LogP contribution in [0.5, 0.6) is 5.88 Å². The van der Waals surface area contributed by atoms with Crippen LogP contribution in [0, 0.1) is 11.8 Å². The fourth-order valence-corrected chi connectivity index (χ4v) is 2.98. The number of carbonyl (C=O) groups excluding carboxylic acids is 1. The second-order valence-corrected chi connectivity index (χ2v) is 7.28. The van der Waals surface area contributed by atoms with Crippen LogP contribution in [0.15, 0.2) is 18.3 Å². The molecule has 0 aliphatic heterocycles. The molecule has 6 heteroatoms. The number of rotatable bonds is 12. The van der Waals surface area contributed by atoms with Crippen molar-refractivity contribution in [2.45, 2.75) is 53.1 Å². The number of ether oxygens (including phenoxy) is 3. The van der Waals surface area contributed by atoms with Gasteiger partial charge in [0.1, 0.15) is 12.2 Å². The van der Waals surface area contributed by atoms with Crippen LogP contribution in [0.3, 0.4) is 0 Å². The van der Waals surface area contributed by atoms with Crippen LogP contribution in [0.2, 0.25) is 0 Å². The Labute approximate surface area is 157 Å². The van der Waals surface area contributed by atoms with Crippen LogP contribution in [0.25, 0.3) is 0 Å². The van der Waals surface area contributed by atoms with Gasteiger partial charge in [-0.1, -0.05) is 27.7 Å². The molecule has 0 unspecified atom stereocenters. The van der Waals surface area contributed by atoms with Crippen LogP contribution in [0.1, 0.15) is 47.5 Å². The number of hydrogen-bond donors (Lipinski definition) is 1. The quantitative estimate of drug-likeness (QED) is 0.568. The molecule has 1 aromatic heterocycles. The van der Waals surface area contributed by atoms with E-state index in [2.05, 4.69) is 38.0 Å².